The quantitative estimate of drug-likeness (QED) is 0.425. The van der Waals surface area contributed by atoms with Crippen molar-refractivity contribution < 1.29 is 34.4 Å². The van der Waals surface area contributed by atoms with Gasteiger partial charge in [-0.25, -0.2) is 0 Å². The molecule has 0 fully saturated rings. The number of carboxylic acid groups (broad SMARTS) is 1. The molecule has 176 valence electrons. The van der Waals surface area contributed by atoms with Gasteiger partial charge in [-0.15, -0.1) is 0 Å². The average Bonchev–Trinajstić information content (AvgIpc) is 2.71. The van der Waals surface area contributed by atoms with E-state index in [0.717, 1.165) is 5.57 Å². The normalized spacial score (nSPS) is 30.6. The predicted molar refractivity (Wildman–Crippen MR) is 116 cm³/mol. The monoisotopic (exact) mass is 438 g/mol. The number of ether oxygens (including phenoxy) is 2. The summed E-state index contributed by atoms with van der Waals surface area (Å²) in [6, 6.07) is 0. The lowest BCUT2D eigenvalue weighted by molar-refractivity contribution is -0.159. The number of aliphatic hydroxyl groups is 2. The summed E-state index contributed by atoms with van der Waals surface area (Å²) in [4.78, 5) is 23.4. The van der Waals surface area contributed by atoms with Gasteiger partial charge < -0.3 is 24.8 Å². The maximum atomic E-state index is 12.5. The van der Waals surface area contributed by atoms with E-state index in [1.807, 2.05) is 26.0 Å². The van der Waals surface area contributed by atoms with E-state index < -0.39 is 30.4 Å². The number of hydrogen-bond acceptors (Lipinski definition) is 6. The van der Waals surface area contributed by atoms with Gasteiger partial charge in [-0.1, -0.05) is 39.0 Å². The summed E-state index contributed by atoms with van der Waals surface area (Å²) in [5, 5.41) is 29.8. The Morgan fingerprint density at radius 2 is 2.03 bits per heavy atom. The van der Waals surface area contributed by atoms with Gasteiger partial charge in [0.25, 0.3) is 0 Å². The minimum atomic E-state index is -0.952. The number of carbonyl (C=O) groups is 2. The van der Waals surface area contributed by atoms with E-state index >= 15 is 0 Å². The summed E-state index contributed by atoms with van der Waals surface area (Å²) in [6.45, 7) is 5.91. The Balaban J connectivity index is 2.10. The molecule has 2 aliphatic carbocycles. The first-order valence-electron chi connectivity index (χ1n) is 11.4. The number of aliphatic hydroxyl groups excluding tert-OH is 2. The zero-order valence-electron chi connectivity index (χ0n) is 19.1. The van der Waals surface area contributed by atoms with Crippen molar-refractivity contribution in [3.8, 4) is 0 Å². The molecule has 0 bridgehead atoms. The van der Waals surface area contributed by atoms with Crippen LogP contribution in [0.25, 0.3) is 0 Å². The number of aliphatic carboxylic acids is 1. The zero-order chi connectivity index (χ0) is 23.1. The molecule has 7 nitrogen and oxygen atoms in total. The fourth-order valence-corrected chi connectivity index (χ4v) is 4.68. The molecule has 0 aromatic rings. The maximum Gasteiger partial charge on any atom is 0.308 e. The Labute approximate surface area is 185 Å². The van der Waals surface area contributed by atoms with Crippen molar-refractivity contribution >= 4 is 11.9 Å². The highest BCUT2D eigenvalue weighted by Gasteiger charge is 2.42. The molecular weight excluding hydrogens is 400 g/mol. The number of methoxy groups -OCH3 is 1. The largest absolute Gasteiger partial charge is 0.481 e. The van der Waals surface area contributed by atoms with Crippen LogP contribution in [0.3, 0.4) is 0 Å². The van der Waals surface area contributed by atoms with Crippen molar-refractivity contribution in [2.45, 2.75) is 83.7 Å². The second-order valence-electron chi connectivity index (χ2n) is 9.08. The molecule has 0 saturated carbocycles. The minimum Gasteiger partial charge on any atom is -0.481 e. The van der Waals surface area contributed by atoms with Crippen molar-refractivity contribution in [3.05, 3.63) is 23.8 Å². The van der Waals surface area contributed by atoms with Crippen LogP contribution in [-0.2, 0) is 19.1 Å². The lowest BCUT2D eigenvalue weighted by Crippen LogP contribution is -2.43. The van der Waals surface area contributed by atoms with Crippen LogP contribution in [0.4, 0.5) is 0 Å². The van der Waals surface area contributed by atoms with Crippen LogP contribution >= 0.6 is 0 Å². The van der Waals surface area contributed by atoms with Gasteiger partial charge in [0.15, 0.2) is 0 Å². The Morgan fingerprint density at radius 1 is 1.32 bits per heavy atom. The van der Waals surface area contributed by atoms with E-state index in [4.69, 9.17) is 14.6 Å². The Morgan fingerprint density at radius 3 is 2.65 bits per heavy atom. The van der Waals surface area contributed by atoms with Crippen LogP contribution in [0.5, 0.6) is 0 Å². The fraction of sp³-hybridized carbons (Fsp3) is 0.750. The molecule has 2 aliphatic rings. The predicted octanol–water partition coefficient (Wildman–Crippen LogP) is 3.09. The van der Waals surface area contributed by atoms with Gasteiger partial charge in [0, 0.05) is 25.9 Å². The van der Waals surface area contributed by atoms with Gasteiger partial charge in [-0.05, 0) is 36.7 Å². The highest BCUT2D eigenvalue weighted by molar-refractivity contribution is 5.72. The van der Waals surface area contributed by atoms with E-state index in [1.54, 1.807) is 0 Å². The van der Waals surface area contributed by atoms with E-state index in [0.29, 0.717) is 25.7 Å². The van der Waals surface area contributed by atoms with E-state index in [2.05, 4.69) is 13.0 Å². The number of rotatable bonds is 11. The number of fused-ring (bicyclic) bond motifs is 1. The third-order valence-corrected chi connectivity index (χ3v) is 6.76. The summed E-state index contributed by atoms with van der Waals surface area (Å²) in [7, 11) is 1.45. The van der Waals surface area contributed by atoms with Gasteiger partial charge in [0.1, 0.15) is 6.10 Å². The summed E-state index contributed by atoms with van der Waals surface area (Å²) in [5.41, 5.74) is 0.985. The van der Waals surface area contributed by atoms with Crippen LogP contribution < -0.4 is 0 Å². The van der Waals surface area contributed by atoms with Crippen LogP contribution in [0.15, 0.2) is 23.8 Å². The summed E-state index contributed by atoms with van der Waals surface area (Å²) >= 11 is 0. The third kappa shape index (κ3) is 7.16. The van der Waals surface area contributed by atoms with Gasteiger partial charge in [-0.3, -0.25) is 9.59 Å². The van der Waals surface area contributed by atoms with E-state index in [9.17, 15) is 19.8 Å². The molecule has 0 radical (unpaired) electrons. The first-order valence-corrected chi connectivity index (χ1v) is 11.4. The highest BCUT2D eigenvalue weighted by atomic mass is 16.5. The van der Waals surface area contributed by atoms with E-state index in [1.165, 1.54) is 7.11 Å². The summed E-state index contributed by atoms with van der Waals surface area (Å²) < 4.78 is 11.1. The molecule has 7 heteroatoms. The maximum absolute atomic E-state index is 12.5. The molecule has 0 aromatic heterocycles. The Bertz CT molecular complexity index is 671. The van der Waals surface area contributed by atoms with Crippen LogP contribution in [0.2, 0.25) is 0 Å². The molecule has 8 atom stereocenters. The van der Waals surface area contributed by atoms with Gasteiger partial charge in [0.2, 0.25) is 0 Å². The molecule has 31 heavy (non-hydrogen) atoms. The molecular formula is C24H38O7. The molecule has 0 spiro atoms. The molecule has 0 saturated heterocycles. The summed E-state index contributed by atoms with van der Waals surface area (Å²) in [5.74, 6) is -1.03. The molecule has 0 aromatic carbocycles. The van der Waals surface area contributed by atoms with Crippen LogP contribution in [-0.4, -0.2) is 58.8 Å². The van der Waals surface area contributed by atoms with E-state index in [-0.39, 0.29) is 42.5 Å². The fourth-order valence-electron chi connectivity index (χ4n) is 4.68. The third-order valence-electron chi connectivity index (χ3n) is 6.76. The molecule has 0 aliphatic heterocycles. The zero-order valence-corrected chi connectivity index (χ0v) is 19.1. The lowest BCUT2D eigenvalue weighted by atomic mass is 9.66. The SMILES string of the molecule is CCC(C)C(=O)OC1CC(O)C=C2C=CC(C)C(CCC(O)CC(CC(=O)O)OC)C21. The smallest absolute Gasteiger partial charge is 0.308 e. The van der Waals surface area contributed by atoms with Crippen molar-refractivity contribution in [1.82, 2.24) is 0 Å². The van der Waals surface area contributed by atoms with Crippen molar-refractivity contribution in [2.24, 2.45) is 23.7 Å². The van der Waals surface area contributed by atoms with Crippen LogP contribution in [0.1, 0.15) is 59.3 Å². The Kier molecular flexibility index (Phi) is 9.72. The first kappa shape index (κ1) is 25.6. The lowest BCUT2D eigenvalue weighted by Gasteiger charge is -2.43. The van der Waals surface area contributed by atoms with Crippen molar-refractivity contribution in [1.29, 1.82) is 0 Å². The highest BCUT2D eigenvalue weighted by Crippen LogP contribution is 2.44. The van der Waals surface area contributed by atoms with Gasteiger partial charge in [-0.2, -0.15) is 0 Å². The Hall–Kier alpha value is -1.70. The number of hydrogen-bond donors (Lipinski definition) is 3. The first-order chi connectivity index (χ1) is 14.7. The van der Waals surface area contributed by atoms with Crippen molar-refractivity contribution in [3.63, 3.8) is 0 Å². The standard InChI is InChI=1S/C24H38O7/c1-5-14(2)24(29)31-21-12-18(26)10-16-7-6-15(3)20(23(16)21)9-8-17(25)11-19(30-4)13-22(27)28/h6-7,10,14-15,17-21,23,25-26H,5,8-9,11-13H2,1-4H3,(H,27,28). The number of carboxylic acids is 1. The molecule has 0 heterocycles. The molecule has 3 N–H and O–H groups in total. The molecule has 8 unspecified atom stereocenters. The average molecular weight is 439 g/mol. The summed E-state index contributed by atoms with van der Waals surface area (Å²) in [6.07, 6.45) is 6.11. The number of allylic oxidation sites excluding steroid dienone is 2. The molecule has 0 amide bonds. The second-order valence-corrected chi connectivity index (χ2v) is 9.08. The van der Waals surface area contributed by atoms with Crippen molar-refractivity contribution in [2.75, 3.05) is 7.11 Å². The van der Waals surface area contributed by atoms with Crippen LogP contribution in [0, 0.1) is 23.7 Å². The minimum absolute atomic E-state index is 0.0270. The second kappa shape index (κ2) is 11.8. The topological polar surface area (TPSA) is 113 Å². The van der Waals surface area contributed by atoms with Gasteiger partial charge in [0.05, 0.1) is 30.7 Å². The number of esters is 1. The number of carbonyl (C=O) groups excluding carboxylic acids is 1. The molecule has 2 rings (SSSR count). The van der Waals surface area contributed by atoms with Gasteiger partial charge >= 0.3 is 11.9 Å².